The standard InChI is InChI=1S/C14H19ClO3/c1-2-3-8-17-9-10-18-11-14(16)12-4-6-13(15)7-5-12/h4-7H,2-3,8-11H2,1H3. The first kappa shape index (κ1) is 15.2. The minimum Gasteiger partial charge on any atom is -0.379 e. The fourth-order valence-electron chi connectivity index (χ4n) is 1.35. The van der Waals surface area contributed by atoms with Crippen LogP contribution in [0.25, 0.3) is 0 Å². The maximum absolute atomic E-state index is 11.7. The van der Waals surface area contributed by atoms with Crippen LogP contribution < -0.4 is 0 Å². The summed E-state index contributed by atoms with van der Waals surface area (Å²) in [5.41, 5.74) is 0.617. The number of benzene rings is 1. The van der Waals surface area contributed by atoms with Crippen LogP contribution in [0, 0.1) is 0 Å². The third kappa shape index (κ3) is 6.15. The van der Waals surface area contributed by atoms with Crippen LogP contribution in [-0.4, -0.2) is 32.2 Å². The zero-order valence-corrected chi connectivity index (χ0v) is 11.4. The Balaban J connectivity index is 2.12. The molecule has 0 saturated carbocycles. The molecular weight excluding hydrogens is 252 g/mol. The second-order valence-electron chi connectivity index (χ2n) is 3.95. The maximum atomic E-state index is 11.7. The average Bonchev–Trinajstić information content (AvgIpc) is 2.38. The fraction of sp³-hybridized carbons (Fsp3) is 0.500. The van der Waals surface area contributed by atoms with Gasteiger partial charge in [-0.05, 0) is 30.7 Å². The molecule has 0 bridgehead atoms. The van der Waals surface area contributed by atoms with Gasteiger partial charge in [0.2, 0.25) is 0 Å². The summed E-state index contributed by atoms with van der Waals surface area (Å²) in [5, 5.41) is 0.622. The molecule has 0 N–H and O–H groups in total. The largest absolute Gasteiger partial charge is 0.379 e. The predicted octanol–water partition coefficient (Wildman–Crippen LogP) is 3.36. The minimum atomic E-state index is -0.0415. The van der Waals surface area contributed by atoms with E-state index >= 15 is 0 Å². The Morgan fingerprint density at radius 2 is 1.78 bits per heavy atom. The summed E-state index contributed by atoms with van der Waals surface area (Å²) in [5.74, 6) is -0.0415. The summed E-state index contributed by atoms with van der Waals surface area (Å²) in [4.78, 5) is 11.7. The van der Waals surface area contributed by atoms with E-state index in [1.807, 2.05) is 0 Å². The first-order chi connectivity index (χ1) is 8.74. The van der Waals surface area contributed by atoms with E-state index in [4.69, 9.17) is 21.1 Å². The average molecular weight is 271 g/mol. The smallest absolute Gasteiger partial charge is 0.188 e. The van der Waals surface area contributed by atoms with Crippen LogP contribution in [0.3, 0.4) is 0 Å². The lowest BCUT2D eigenvalue weighted by molar-refractivity contribution is 0.0432. The molecule has 1 aromatic rings. The van der Waals surface area contributed by atoms with E-state index < -0.39 is 0 Å². The molecule has 0 aliphatic carbocycles. The van der Waals surface area contributed by atoms with Gasteiger partial charge in [-0.25, -0.2) is 0 Å². The van der Waals surface area contributed by atoms with Crippen molar-refractivity contribution in [3.63, 3.8) is 0 Å². The Hall–Kier alpha value is -0.900. The van der Waals surface area contributed by atoms with Crippen LogP contribution >= 0.6 is 11.6 Å². The van der Waals surface area contributed by atoms with Crippen molar-refractivity contribution in [2.24, 2.45) is 0 Å². The number of halogens is 1. The van der Waals surface area contributed by atoms with Gasteiger partial charge in [0.15, 0.2) is 5.78 Å². The van der Waals surface area contributed by atoms with E-state index in [0.717, 1.165) is 19.4 Å². The lowest BCUT2D eigenvalue weighted by Gasteiger charge is -2.05. The van der Waals surface area contributed by atoms with Crippen LogP contribution in [0.4, 0.5) is 0 Å². The number of hydrogen-bond donors (Lipinski definition) is 0. The number of carbonyl (C=O) groups is 1. The van der Waals surface area contributed by atoms with Gasteiger partial charge in [-0.15, -0.1) is 0 Å². The first-order valence-corrected chi connectivity index (χ1v) is 6.56. The summed E-state index contributed by atoms with van der Waals surface area (Å²) >= 11 is 5.74. The number of ketones is 1. The van der Waals surface area contributed by atoms with Gasteiger partial charge in [-0.2, -0.15) is 0 Å². The van der Waals surface area contributed by atoms with E-state index in [-0.39, 0.29) is 12.4 Å². The maximum Gasteiger partial charge on any atom is 0.188 e. The molecule has 3 nitrogen and oxygen atoms in total. The second-order valence-corrected chi connectivity index (χ2v) is 4.39. The highest BCUT2D eigenvalue weighted by Gasteiger charge is 2.05. The van der Waals surface area contributed by atoms with Crippen LogP contribution in [-0.2, 0) is 9.47 Å². The summed E-state index contributed by atoms with van der Waals surface area (Å²) in [6.45, 7) is 3.94. The SMILES string of the molecule is CCCCOCCOCC(=O)c1ccc(Cl)cc1. The van der Waals surface area contributed by atoms with Gasteiger partial charge in [0, 0.05) is 17.2 Å². The van der Waals surface area contributed by atoms with Crippen molar-refractivity contribution in [1.82, 2.24) is 0 Å². The molecule has 0 aromatic heterocycles. The number of unbranched alkanes of at least 4 members (excludes halogenated alkanes) is 1. The lowest BCUT2D eigenvalue weighted by atomic mass is 10.1. The summed E-state index contributed by atoms with van der Waals surface area (Å²) in [6.07, 6.45) is 2.18. The van der Waals surface area contributed by atoms with Crippen LogP contribution in [0.1, 0.15) is 30.1 Å². The minimum absolute atomic E-state index is 0.0415. The van der Waals surface area contributed by atoms with Gasteiger partial charge in [0.05, 0.1) is 13.2 Å². The first-order valence-electron chi connectivity index (χ1n) is 6.18. The second kappa shape index (κ2) is 9.09. The fourth-order valence-corrected chi connectivity index (χ4v) is 1.48. The van der Waals surface area contributed by atoms with Crippen LogP contribution in [0.15, 0.2) is 24.3 Å². The molecule has 0 radical (unpaired) electrons. The van der Waals surface area contributed by atoms with E-state index in [2.05, 4.69) is 6.92 Å². The highest BCUT2D eigenvalue weighted by molar-refractivity contribution is 6.30. The number of hydrogen-bond acceptors (Lipinski definition) is 3. The molecule has 0 aliphatic heterocycles. The molecule has 4 heteroatoms. The molecule has 0 heterocycles. The predicted molar refractivity (Wildman–Crippen MR) is 72.3 cm³/mol. The number of ether oxygens (including phenoxy) is 2. The zero-order chi connectivity index (χ0) is 13.2. The summed E-state index contributed by atoms with van der Waals surface area (Å²) in [6, 6.07) is 6.79. The normalized spacial score (nSPS) is 10.6. The molecule has 0 unspecified atom stereocenters. The molecule has 0 aliphatic rings. The topological polar surface area (TPSA) is 35.5 Å². The van der Waals surface area contributed by atoms with E-state index in [1.165, 1.54) is 0 Å². The van der Waals surface area contributed by atoms with Crippen molar-refractivity contribution in [3.05, 3.63) is 34.9 Å². The molecule has 0 amide bonds. The Morgan fingerprint density at radius 3 is 2.44 bits per heavy atom. The highest BCUT2D eigenvalue weighted by Crippen LogP contribution is 2.09. The lowest BCUT2D eigenvalue weighted by Crippen LogP contribution is -2.12. The van der Waals surface area contributed by atoms with Crippen molar-refractivity contribution in [2.45, 2.75) is 19.8 Å². The van der Waals surface area contributed by atoms with Gasteiger partial charge in [-0.1, -0.05) is 24.9 Å². The van der Waals surface area contributed by atoms with Crippen molar-refractivity contribution >= 4 is 17.4 Å². The molecule has 1 aromatic carbocycles. The Kier molecular flexibility index (Phi) is 7.65. The third-order valence-corrected chi connectivity index (χ3v) is 2.67. The molecular formula is C14H19ClO3. The summed E-state index contributed by atoms with van der Waals surface area (Å²) in [7, 11) is 0. The van der Waals surface area contributed by atoms with Gasteiger partial charge >= 0.3 is 0 Å². The molecule has 100 valence electrons. The van der Waals surface area contributed by atoms with Crippen LogP contribution in [0.5, 0.6) is 0 Å². The molecule has 0 atom stereocenters. The van der Waals surface area contributed by atoms with E-state index in [1.54, 1.807) is 24.3 Å². The zero-order valence-electron chi connectivity index (χ0n) is 10.7. The quantitative estimate of drug-likeness (QED) is 0.510. The Morgan fingerprint density at radius 1 is 1.11 bits per heavy atom. The van der Waals surface area contributed by atoms with Gasteiger partial charge in [0.25, 0.3) is 0 Å². The molecule has 0 spiro atoms. The molecule has 1 rings (SSSR count). The van der Waals surface area contributed by atoms with Gasteiger partial charge in [-0.3, -0.25) is 4.79 Å². The number of carbonyl (C=O) groups excluding carboxylic acids is 1. The third-order valence-electron chi connectivity index (χ3n) is 2.41. The van der Waals surface area contributed by atoms with Gasteiger partial charge in [0.1, 0.15) is 6.61 Å². The highest BCUT2D eigenvalue weighted by atomic mass is 35.5. The van der Waals surface area contributed by atoms with Gasteiger partial charge < -0.3 is 9.47 Å². The number of Topliss-reactive ketones (excluding diaryl/α,β-unsaturated/α-hetero) is 1. The summed E-state index contributed by atoms with van der Waals surface area (Å²) < 4.78 is 10.6. The Labute approximate surface area is 113 Å². The van der Waals surface area contributed by atoms with Crippen LogP contribution in [0.2, 0.25) is 5.02 Å². The van der Waals surface area contributed by atoms with Crippen molar-refractivity contribution in [2.75, 3.05) is 26.4 Å². The Bertz CT molecular complexity index is 349. The monoisotopic (exact) mass is 270 g/mol. The van der Waals surface area contributed by atoms with E-state index in [9.17, 15) is 4.79 Å². The van der Waals surface area contributed by atoms with Crippen molar-refractivity contribution < 1.29 is 14.3 Å². The van der Waals surface area contributed by atoms with Crippen molar-refractivity contribution in [1.29, 1.82) is 0 Å². The molecule has 0 fully saturated rings. The van der Waals surface area contributed by atoms with Crippen molar-refractivity contribution in [3.8, 4) is 0 Å². The molecule has 18 heavy (non-hydrogen) atoms. The van der Waals surface area contributed by atoms with E-state index in [0.29, 0.717) is 23.8 Å². The number of rotatable bonds is 9. The molecule has 0 saturated heterocycles.